The summed E-state index contributed by atoms with van der Waals surface area (Å²) in [5.74, 6) is -0.690. The maximum Gasteiger partial charge on any atom is 0.341 e. The van der Waals surface area contributed by atoms with E-state index in [4.69, 9.17) is 15.5 Å². The number of rotatable bonds is 3. The second kappa shape index (κ2) is 7.67. The first-order chi connectivity index (χ1) is 14.6. The molecular formula is C22H23N3O3S2. The molecule has 0 bridgehead atoms. The summed E-state index contributed by atoms with van der Waals surface area (Å²) in [5.41, 5.74) is 10.7. The zero-order valence-corrected chi connectivity index (χ0v) is 18.4. The van der Waals surface area contributed by atoms with Crippen LogP contribution in [-0.4, -0.2) is 24.0 Å². The predicted octanol–water partition coefficient (Wildman–Crippen LogP) is 4.74. The van der Waals surface area contributed by atoms with Gasteiger partial charge in [-0.2, -0.15) is 0 Å². The largest absolute Gasteiger partial charge is 0.465 e. The molecule has 2 aliphatic carbocycles. The van der Waals surface area contributed by atoms with Crippen molar-refractivity contribution in [2.75, 3.05) is 18.2 Å². The van der Waals surface area contributed by atoms with Gasteiger partial charge in [-0.15, -0.1) is 22.7 Å². The molecule has 1 amide bonds. The van der Waals surface area contributed by atoms with Crippen molar-refractivity contribution >= 4 is 55.5 Å². The third-order valence-electron chi connectivity index (χ3n) is 5.99. The van der Waals surface area contributed by atoms with E-state index in [1.54, 1.807) is 0 Å². The van der Waals surface area contributed by atoms with E-state index < -0.39 is 5.97 Å². The minimum atomic E-state index is -0.396. The molecule has 5 rings (SSSR count). The van der Waals surface area contributed by atoms with E-state index >= 15 is 0 Å². The van der Waals surface area contributed by atoms with Crippen molar-refractivity contribution in [1.82, 2.24) is 4.98 Å². The molecule has 0 saturated carbocycles. The summed E-state index contributed by atoms with van der Waals surface area (Å²) in [6, 6.07) is 2.08. The molecule has 0 fully saturated rings. The van der Waals surface area contributed by atoms with Crippen LogP contribution in [0.3, 0.4) is 0 Å². The third-order valence-corrected chi connectivity index (χ3v) is 8.31. The molecule has 3 heterocycles. The number of anilines is 2. The second-order valence-electron chi connectivity index (χ2n) is 7.86. The number of aromatic nitrogens is 1. The zero-order valence-electron chi connectivity index (χ0n) is 16.8. The van der Waals surface area contributed by atoms with E-state index in [0.717, 1.165) is 72.8 Å². The van der Waals surface area contributed by atoms with Crippen molar-refractivity contribution in [1.29, 1.82) is 0 Å². The Bertz CT molecular complexity index is 1180. The molecule has 0 spiro atoms. The second-order valence-corrected chi connectivity index (χ2v) is 9.96. The highest BCUT2D eigenvalue weighted by atomic mass is 32.1. The third kappa shape index (κ3) is 3.18. The van der Waals surface area contributed by atoms with Gasteiger partial charge in [0.1, 0.15) is 14.7 Å². The van der Waals surface area contributed by atoms with Crippen LogP contribution in [0, 0.1) is 0 Å². The van der Waals surface area contributed by atoms with Crippen molar-refractivity contribution in [2.45, 2.75) is 51.4 Å². The quantitative estimate of drug-likeness (QED) is 0.452. The highest BCUT2D eigenvalue weighted by Crippen LogP contribution is 2.40. The summed E-state index contributed by atoms with van der Waals surface area (Å²) in [5, 5.41) is 4.37. The molecule has 156 valence electrons. The van der Waals surface area contributed by atoms with Crippen molar-refractivity contribution in [2.24, 2.45) is 0 Å². The Hall–Kier alpha value is -2.45. The van der Waals surface area contributed by atoms with E-state index in [9.17, 15) is 9.59 Å². The van der Waals surface area contributed by atoms with Gasteiger partial charge < -0.3 is 15.8 Å². The average Bonchev–Trinajstić information content (AvgIpc) is 3.37. The minimum Gasteiger partial charge on any atom is -0.465 e. The van der Waals surface area contributed by atoms with E-state index in [-0.39, 0.29) is 5.91 Å². The molecule has 0 aliphatic heterocycles. The standard InChI is InChI=1S/C22H23N3O3S2/c1-28-22(27)16-12-7-3-2-4-9-15(12)29-21(16)25-19(26)18-17(23)13-10-11-6-5-8-14(11)24-20(13)30-18/h10H,2-9,23H2,1H3,(H,25,26). The summed E-state index contributed by atoms with van der Waals surface area (Å²) in [6.45, 7) is 0. The van der Waals surface area contributed by atoms with Crippen LogP contribution in [0.15, 0.2) is 6.07 Å². The van der Waals surface area contributed by atoms with Gasteiger partial charge >= 0.3 is 5.97 Å². The number of hydrogen-bond donors (Lipinski definition) is 2. The fraction of sp³-hybridized carbons (Fsp3) is 0.409. The van der Waals surface area contributed by atoms with Gasteiger partial charge in [-0.1, -0.05) is 6.42 Å². The molecule has 0 atom stereocenters. The van der Waals surface area contributed by atoms with Gasteiger partial charge in [0, 0.05) is 16.0 Å². The number of thiophene rings is 2. The minimum absolute atomic E-state index is 0.294. The maximum atomic E-state index is 13.1. The Morgan fingerprint density at radius 3 is 2.77 bits per heavy atom. The molecule has 6 nitrogen and oxygen atoms in total. The van der Waals surface area contributed by atoms with Crippen LogP contribution in [0.25, 0.3) is 10.2 Å². The van der Waals surface area contributed by atoms with Crippen LogP contribution in [0.1, 0.15) is 67.4 Å². The topological polar surface area (TPSA) is 94.3 Å². The molecule has 0 aromatic carbocycles. The fourth-order valence-electron chi connectivity index (χ4n) is 4.48. The van der Waals surface area contributed by atoms with Crippen molar-refractivity contribution in [3.8, 4) is 0 Å². The SMILES string of the molecule is COC(=O)c1c(NC(=O)c2sc3nc4c(cc3c2N)CCC4)sc2c1CCCCC2. The molecule has 2 aliphatic rings. The van der Waals surface area contributed by atoms with Gasteiger partial charge in [-0.3, -0.25) is 4.79 Å². The first kappa shape index (κ1) is 19.5. The van der Waals surface area contributed by atoms with Crippen molar-refractivity contribution in [3.63, 3.8) is 0 Å². The normalized spacial score (nSPS) is 15.5. The Kier molecular flexibility index (Phi) is 4.99. The Labute approximate surface area is 182 Å². The lowest BCUT2D eigenvalue weighted by Crippen LogP contribution is -2.14. The number of aryl methyl sites for hydroxylation is 3. The van der Waals surface area contributed by atoms with Crippen molar-refractivity contribution in [3.05, 3.63) is 38.2 Å². The van der Waals surface area contributed by atoms with E-state index in [2.05, 4.69) is 11.4 Å². The molecule has 0 radical (unpaired) electrons. The Morgan fingerprint density at radius 2 is 1.93 bits per heavy atom. The lowest BCUT2D eigenvalue weighted by atomic mass is 10.1. The molecule has 0 unspecified atom stereocenters. The highest BCUT2D eigenvalue weighted by Gasteiger charge is 2.28. The monoisotopic (exact) mass is 441 g/mol. The number of esters is 1. The van der Waals surface area contributed by atoms with Crippen LogP contribution >= 0.6 is 22.7 Å². The van der Waals surface area contributed by atoms with Gasteiger partial charge in [0.2, 0.25) is 0 Å². The molecule has 3 aromatic heterocycles. The molecule has 3 aromatic rings. The number of amides is 1. The summed E-state index contributed by atoms with van der Waals surface area (Å²) < 4.78 is 5.03. The number of carbonyl (C=O) groups excluding carboxylic acids is 2. The Balaban J connectivity index is 1.51. The lowest BCUT2D eigenvalue weighted by molar-refractivity contribution is 0.0601. The summed E-state index contributed by atoms with van der Waals surface area (Å²) in [4.78, 5) is 32.8. The zero-order chi connectivity index (χ0) is 20.8. The van der Waals surface area contributed by atoms with Crippen LogP contribution in [0.4, 0.5) is 10.7 Å². The summed E-state index contributed by atoms with van der Waals surface area (Å²) in [6.07, 6.45) is 8.17. The molecule has 3 N–H and O–H groups in total. The van der Waals surface area contributed by atoms with E-state index in [1.807, 2.05) is 0 Å². The highest BCUT2D eigenvalue weighted by molar-refractivity contribution is 7.21. The molecule has 8 heteroatoms. The van der Waals surface area contributed by atoms with Gasteiger partial charge in [0.15, 0.2) is 0 Å². The van der Waals surface area contributed by atoms with Crippen LogP contribution in [0.2, 0.25) is 0 Å². The lowest BCUT2D eigenvalue weighted by Gasteiger charge is -2.07. The van der Waals surface area contributed by atoms with Crippen molar-refractivity contribution < 1.29 is 14.3 Å². The number of nitrogens with zero attached hydrogens (tertiary/aromatic N) is 1. The number of pyridine rings is 1. The van der Waals surface area contributed by atoms with Gasteiger partial charge in [-0.25, -0.2) is 9.78 Å². The molecule has 0 saturated heterocycles. The fourth-order valence-corrected chi connectivity index (χ4v) is 6.74. The van der Waals surface area contributed by atoms with Gasteiger partial charge in [0.05, 0.1) is 18.4 Å². The number of hydrogen-bond acceptors (Lipinski definition) is 7. The number of carbonyl (C=O) groups is 2. The molecule has 30 heavy (non-hydrogen) atoms. The molecular weight excluding hydrogens is 418 g/mol. The summed E-state index contributed by atoms with van der Waals surface area (Å²) in [7, 11) is 1.38. The smallest absolute Gasteiger partial charge is 0.341 e. The van der Waals surface area contributed by atoms with Gasteiger partial charge in [0.25, 0.3) is 5.91 Å². The first-order valence-electron chi connectivity index (χ1n) is 10.3. The van der Waals surface area contributed by atoms with E-state index in [0.29, 0.717) is 21.1 Å². The van der Waals surface area contributed by atoms with E-state index in [1.165, 1.54) is 40.2 Å². The van der Waals surface area contributed by atoms with Crippen LogP contribution in [0.5, 0.6) is 0 Å². The first-order valence-corrected chi connectivity index (χ1v) is 11.9. The predicted molar refractivity (Wildman–Crippen MR) is 121 cm³/mol. The number of fused-ring (bicyclic) bond motifs is 3. The van der Waals surface area contributed by atoms with Gasteiger partial charge in [-0.05, 0) is 62.1 Å². The number of nitrogen functional groups attached to an aromatic ring is 1. The average molecular weight is 442 g/mol. The van der Waals surface area contributed by atoms with Crippen LogP contribution < -0.4 is 11.1 Å². The number of ether oxygens (including phenoxy) is 1. The van der Waals surface area contributed by atoms with Crippen LogP contribution in [-0.2, 0) is 30.4 Å². The number of methoxy groups -OCH3 is 1. The summed E-state index contributed by atoms with van der Waals surface area (Å²) >= 11 is 2.80. The Morgan fingerprint density at radius 1 is 1.10 bits per heavy atom. The maximum absolute atomic E-state index is 13.1. The number of nitrogens with one attached hydrogen (secondary N) is 1. The number of nitrogens with two attached hydrogens (primary N) is 1.